The van der Waals surface area contributed by atoms with Crippen LogP contribution in [0.15, 0.2) is 60.7 Å². The van der Waals surface area contributed by atoms with Crippen LogP contribution in [0.25, 0.3) is 0 Å². The molecule has 0 N–H and O–H groups in total. The molecule has 7 heteroatoms. The maximum atomic E-state index is 6.55. The highest BCUT2D eigenvalue weighted by Crippen LogP contribution is 2.37. The minimum Gasteiger partial charge on any atom is -0.361 e. The molecule has 1 atom stereocenters. The van der Waals surface area contributed by atoms with Crippen LogP contribution >= 0.6 is 58.0 Å². The summed E-state index contributed by atoms with van der Waals surface area (Å²) in [5.74, 6) is 0. The molecule has 0 aliphatic carbocycles. The lowest BCUT2D eigenvalue weighted by Gasteiger charge is -2.43. The van der Waals surface area contributed by atoms with Gasteiger partial charge in [0.2, 0.25) is 0 Å². The summed E-state index contributed by atoms with van der Waals surface area (Å²) in [6.45, 7) is 3.22. The van der Waals surface area contributed by atoms with Crippen LogP contribution in [0.2, 0.25) is 25.1 Å². The molecule has 156 valence electrons. The van der Waals surface area contributed by atoms with E-state index in [1.54, 1.807) is 6.07 Å². The molecule has 30 heavy (non-hydrogen) atoms. The van der Waals surface area contributed by atoms with E-state index < -0.39 is 0 Å². The zero-order valence-corrected chi connectivity index (χ0v) is 19.7. The van der Waals surface area contributed by atoms with Crippen molar-refractivity contribution >= 4 is 63.7 Å². The number of nitrogens with zero attached hydrogens (tertiary/aromatic N) is 2. The van der Waals surface area contributed by atoms with Crippen LogP contribution in [0.3, 0.4) is 0 Å². The Bertz CT molecular complexity index is 1040. The third kappa shape index (κ3) is 4.85. The Morgan fingerprint density at radius 1 is 0.767 bits per heavy atom. The molecule has 1 unspecified atom stereocenters. The first-order valence-electron chi connectivity index (χ1n) is 9.55. The zero-order chi connectivity index (χ0) is 21.3. The predicted octanol–water partition coefficient (Wildman–Crippen LogP) is 8.02. The Balaban J connectivity index is 1.64. The average Bonchev–Trinajstić information content (AvgIpc) is 2.72. The average molecular weight is 501 g/mol. The summed E-state index contributed by atoms with van der Waals surface area (Å²) in [7, 11) is 0. The van der Waals surface area contributed by atoms with Gasteiger partial charge in [-0.2, -0.15) is 0 Å². The smallest absolute Gasteiger partial charge is 0.0670 e. The van der Waals surface area contributed by atoms with Crippen molar-refractivity contribution in [2.75, 3.05) is 24.5 Å². The van der Waals surface area contributed by atoms with Crippen LogP contribution in [-0.4, -0.2) is 24.5 Å². The molecule has 3 aromatic carbocycles. The second-order valence-corrected chi connectivity index (χ2v) is 9.37. The van der Waals surface area contributed by atoms with Crippen LogP contribution in [0.1, 0.15) is 17.2 Å². The molecule has 0 spiro atoms. The second kappa shape index (κ2) is 9.56. The lowest BCUT2D eigenvalue weighted by Crippen LogP contribution is -2.48. The van der Waals surface area contributed by atoms with Crippen molar-refractivity contribution in [1.29, 1.82) is 0 Å². The minimum atomic E-state index is 0.104. The van der Waals surface area contributed by atoms with Gasteiger partial charge < -0.3 is 4.90 Å². The van der Waals surface area contributed by atoms with E-state index in [0.29, 0.717) is 25.1 Å². The zero-order valence-electron chi connectivity index (χ0n) is 16.0. The Labute approximate surface area is 201 Å². The number of benzene rings is 3. The summed E-state index contributed by atoms with van der Waals surface area (Å²) < 4.78 is 0. The lowest BCUT2D eigenvalue weighted by atomic mass is 10.0. The van der Waals surface area contributed by atoms with Crippen LogP contribution in [0.5, 0.6) is 0 Å². The van der Waals surface area contributed by atoms with E-state index in [2.05, 4.69) is 21.9 Å². The first-order chi connectivity index (χ1) is 14.4. The molecule has 1 heterocycles. The molecule has 2 nitrogen and oxygen atoms in total. The Morgan fingerprint density at radius 2 is 1.50 bits per heavy atom. The minimum absolute atomic E-state index is 0.104. The third-order valence-corrected chi connectivity index (χ3v) is 7.01. The molecule has 1 aliphatic rings. The van der Waals surface area contributed by atoms with E-state index in [4.69, 9.17) is 58.0 Å². The van der Waals surface area contributed by atoms with Gasteiger partial charge in [0.15, 0.2) is 0 Å². The van der Waals surface area contributed by atoms with Crippen LogP contribution < -0.4 is 4.90 Å². The summed E-state index contributed by atoms with van der Waals surface area (Å²) in [6, 6.07) is 19.5. The fourth-order valence-corrected chi connectivity index (χ4v) is 4.89. The summed E-state index contributed by atoms with van der Waals surface area (Å²) >= 11 is 31.4. The largest absolute Gasteiger partial charge is 0.361 e. The Kier molecular flexibility index (Phi) is 7.04. The topological polar surface area (TPSA) is 6.48 Å². The SMILES string of the molecule is Clc1ccc(C2CN(Cc3cccc(Cl)c3Cl)CCN2c2ccc(Cl)cc2Cl)cc1. The highest BCUT2D eigenvalue weighted by atomic mass is 35.5. The van der Waals surface area contributed by atoms with E-state index >= 15 is 0 Å². The monoisotopic (exact) mass is 498 g/mol. The van der Waals surface area contributed by atoms with Gasteiger partial charge in [0.05, 0.1) is 26.8 Å². The molecule has 0 saturated carbocycles. The van der Waals surface area contributed by atoms with Crippen LogP contribution in [-0.2, 0) is 6.54 Å². The van der Waals surface area contributed by atoms with E-state index in [1.165, 1.54) is 5.56 Å². The normalized spacial score (nSPS) is 17.4. The van der Waals surface area contributed by atoms with Crippen molar-refractivity contribution in [3.05, 3.63) is 96.9 Å². The van der Waals surface area contributed by atoms with Gasteiger partial charge in [0, 0.05) is 36.2 Å². The molecule has 0 bridgehead atoms. The molecule has 0 amide bonds. The van der Waals surface area contributed by atoms with Crippen LogP contribution in [0.4, 0.5) is 5.69 Å². The van der Waals surface area contributed by atoms with Crippen molar-refractivity contribution in [2.45, 2.75) is 12.6 Å². The molecule has 3 aromatic rings. The highest BCUT2D eigenvalue weighted by Gasteiger charge is 2.30. The molecular weight excluding hydrogens is 482 g/mol. The maximum absolute atomic E-state index is 6.55. The van der Waals surface area contributed by atoms with Gasteiger partial charge in [0.1, 0.15) is 0 Å². The molecule has 4 rings (SSSR count). The quantitative estimate of drug-likeness (QED) is 0.358. The highest BCUT2D eigenvalue weighted by molar-refractivity contribution is 6.42. The van der Waals surface area contributed by atoms with Crippen molar-refractivity contribution in [1.82, 2.24) is 4.90 Å². The fraction of sp³-hybridized carbons (Fsp3) is 0.217. The predicted molar refractivity (Wildman–Crippen MR) is 130 cm³/mol. The van der Waals surface area contributed by atoms with Gasteiger partial charge in [-0.3, -0.25) is 4.90 Å². The second-order valence-electron chi connectivity index (χ2n) is 7.30. The van der Waals surface area contributed by atoms with Gasteiger partial charge in [0.25, 0.3) is 0 Å². The molecule has 0 radical (unpaired) electrons. The van der Waals surface area contributed by atoms with E-state index in [0.717, 1.165) is 37.4 Å². The van der Waals surface area contributed by atoms with Crippen molar-refractivity contribution < 1.29 is 0 Å². The van der Waals surface area contributed by atoms with Gasteiger partial charge >= 0.3 is 0 Å². The van der Waals surface area contributed by atoms with Gasteiger partial charge in [-0.05, 0) is 47.5 Å². The number of hydrogen-bond acceptors (Lipinski definition) is 2. The molecule has 1 saturated heterocycles. The standard InChI is InChI=1S/C23H19Cl5N2/c24-17-6-4-15(5-7-17)22-14-29(13-16-2-1-3-19(26)23(16)28)10-11-30(22)21-9-8-18(25)12-20(21)27/h1-9,12,22H,10-11,13-14H2. The molecular formula is C23H19Cl5N2. The molecule has 1 aliphatic heterocycles. The maximum Gasteiger partial charge on any atom is 0.0670 e. The number of anilines is 1. The number of hydrogen-bond donors (Lipinski definition) is 0. The van der Waals surface area contributed by atoms with Gasteiger partial charge in [-0.1, -0.05) is 82.3 Å². The molecule has 1 fully saturated rings. The number of rotatable bonds is 4. The first kappa shape index (κ1) is 22.1. The lowest BCUT2D eigenvalue weighted by molar-refractivity contribution is 0.215. The van der Waals surface area contributed by atoms with Crippen LogP contribution in [0, 0.1) is 0 Å². The van der Waals surface area contributed by atoms with Crippen molar-refractivity contribution in [3.8, 4) is 0 Å². The van der Waals surface area contributed by atoms with Crippen molar-refractivity contribution in [3.63, 3.8) is 0 Å². The summed E-state index contributed by atoms with van der Waals surface area (Å²) in [5, 5.41) is 3.18. The van der Waals surface area contributed by atoms with E-state index in [-0.39, 0.29) is 6.04 Å². The van der Waals surface area contributed by atoms with Gasteiger partial charge in [-0.15, -0.1) is 0 Å². The first-order valence-corrected chi connectivity index (χ1v) is 11.4. The van der Waals surface area contributed by atoms with E-state index in [1.807, 2.05) is 42.5 Å². The summed E-state index contributed by atoms with van der Waals surface area (Å²) in [5.41, 5.74) is 3.17. The Hall–Kier alpha value is -1.13. The van der Waals surface area contributed by atoms with Gasteiger partial charge in [-0.25, -0.2) is 0 Å². The summed E-state index contributed by atoms with van der Waals surface area (Å²) in [4.78, 5) is 4.72. The summed E-state index contributed by atoms with van der Waals surface area (Å²) in [6.07, 6.45) is 0. The van der Waals surface area contributed by atoms with E-state index in [9.17, 15) is 0 Å². The number of halogens is 5. The Morgan fingerprint density at radius 3 is 2.23 bits per heavy atom. The third-order valence-electron chi connectivity index (χ3n) is 5.36. The van der Waals surface area contributed by atoms with Crippen molar-refractivity contribution in [2.24, 2.45) is 0 Å². The number of piperazine rings is 1. The molecule has 0 aromatic heterocycles. The fourth-order valence-electron chi connectivity index (χ4n) is 3.87.